The van der Waals surface area contributed by atoms with Gasteiger partial charge >= 0.3 is 0 Å². The number of hydrogen-bond acceptors (Lipinski definition) is 4. The summed E-state index contributed by atoms with van der Waals surface area (Å²) in [7, 11) is 12.4. The quantitative estimate of drug-likeness (QED) is 0.310. The average Bonchev–Trinajstić information content (AvgIpc) is 2.71. The maximum Gasteiger partial charge on any atom is 0.135 e. The van der Waals surface area contributed by atoms with E-state index in [1.165, 1.54) is 0 Å². The second-order valence-electron chi connectivity index (χ2n) is 10.5. The van der Waals surface area contributed by atoms with E-state index < -0.39 is 0 Å². The smallest absolute Gasteiger partial charge is 0.135 e. The van der Waals surface area contributed by atoms with E-state index in [1.54, 1.807) is 24.6 Å². The zero-order chi connectivity index (χ0) is 23.5. The van der Waals surface area contributed by atoms with E-state index in [4.69, 9.17) is 9.98 Å². The first-order chi connectivity index (χ1) is 14.9. The number of rotatable bonds is 6. The highest BCUT2D eigenvalue weighted by molar-refractivity contribution is 5.85. The van der Waals surface area contributed by atoms with E-state index in [9.17, 15) is 10.2 Å². The summed E-state index contributed by atoms with van der Waals surface area (Å²) in [4.78, 5) is 9.60. The van der Waals surface area contributed by atoms with Crippen LogP contribution in [0.4, 0.5) is 11.4 Å². The van der Waals surface area contributed by atoms with Gasteiger partial charge in [0, 0.05) is 47.8 Å². The van der Waals surface area contributed by atoms with Gasteiger partial charge in [0.25, 0.3) is 0 Å². The fraction of sp³-hybridized carbons (Fsp3) is 0.462. The number of benzene rings is 2. The maximum absolute atomic E-state index is 10.5. The second kappa shape index (κ2) is 12.3. The van der Waals surface area contributed by atoms with Crippen molar-refractivity contribution in [2.75, 3.05) is 42.3 Å². The molecule has 34 heavy (non-hydrogen) atoms. The monoisotopic (exact) mass is 596 g/mol. The fourth-order valence-corrected chi connectivity index (χ4v) is 3.91. The van der Waals surface area contributed by atoms with Crippen LogP contribution in [-0.2, 0) is 0 Å². The van der Waals surface area contributed by atoms with Crippen molar-refractivity contribution >= 4 is 23.8 Å². The van der Waals surface area contributed by atoms with E-state index in [1.807, 2.05) is 24.3 Å². The largest absolute Gasteiger partial charge is 1.00 e. The lowest BCUT2D eigenvalue weighted by atomic mass is 9.91. The second-order valence-corrected chi connectivity index (χ2v) is 10.5. The third kappa shape index (κ3) is 7.90. The number of quaternary nitrogens is 2. The Balaban J connectivity index is 0.00000289. The zero-order valence-electron chi connectivity index (χ0n) is 21.0. The maximum atomic E-state index is 10.5. The first-order valence-corrected chi connectivity index (χ1v) is 11.3. The number of hydrogen-bond donors (Lipinski definition) is 2. The molecule has 0 spiro atoms. The Morgan fingerprint density at radius 3 is 1.32 bits per heavy atom. The lowest BCUT2D eigenvalue weighted by Gasteiger charge is -2.26. The summed E-state index contributed by atoms with van der Waals surface area (Å²) in [5.74, 6) is 0.495. The number of phenolic OH excluding ortho intramolecular Hbond substituents is 2. The van der Waals surface area contributed by atoms with E-state index in [0.717, 1.165) is 48.2 Å². The first kappa shape index (κ1) is 30.3. The van der Waals surface area contributed by atoms with Gasteiger partial charge in [-0.3, -0.25) is 19.0 Å². The molecule has 2 aromatic rings. The van der Waals surface area contributed by atoms with Crippen LogP contribution in [-0.4, -0.2) is 77.0 Å². The molecule has 0 aliphatic heterocycles. The van der Waals surface area contributed by atoms with Crippen LogP contribution in [0.25, 0.3) is 0 Å². The molecule has 188 valence electrons. The van der Waals surface area contributed by atoms with Crippen LogP contribution in [0, 0.1) is 0 Å². The SMILES string of the molecule is C[N+](C)(C)c1ccc(C=NC2CCCC[C@@H]2N=Cc2ccc([N+](C)(C)C)cc2O)c(O)c1.[Br-].[Br-]. The van der Waals surface area contributed by atoms with Crippen LogP contribution < -0.4 is 42.9 Å². The Hall–Kier alpha value is -1.74. The van der Waals surface area contributed by atoms with E-state index >= 15 is 0 Å². The number of phenols is 2. The normalized spacial score (nSPS) is 19.1. The van der Waals surface area contributed by atoms with Crippen molar-refractivity contribution in [1.82, 2.24) is 8.97 Å². The van der Waals surface area contributed by atoms with E-state index in [2.05, 4.69) is 42.3 Å². The minimum atomic E-state index is 0. The summed E-state index contributed by atoms with van der Waals surface area (Å²) in [5, 5.41) is 20.9. The van der Waals surface area contributed by atoms with Gasteiger partial charge in [0.05, 0.1) is 54.4 Å². The molecule has 8 heteroatoms. The molecule has 0 amide bonds. The van der Waals surface area contributed by atoms with Gasteiger partial charge in [0.1, 0.15) is 22.9 Å². The molecule has 0 bridgehead atoms. The Morgan fingerprint density at radius 2 is 1.03 bits per heavy atom. The molecule has 6 nitrogen and oxygen atoms in total. The molecule has 2 atom stereocenters. The van der Waals surface area contributed by atoms with Crippen LogP contribution in [0.1, 0.15) is 36.8 Å². The summed E-state index contributed by atoms with van der Waals surface area (Å²) < 4.78 is 1.29. The molecule has 0 heterocycles. The lowest BCUT2D eigenvalue weighted by molar-refractivity contribution is -0.00100. The molecule has 3 rings (SSSR count). The molecule has 0 aromatic heterocycles. The number of aliphatic imine (C=N–C) groups is 2. The zero-order valence-corrected chi connectivity index (χ0v) is 24.2. The lowest BCUT2D eigenvalue weighted by Crippen LogP contribution is -3.00. The van der Waals surface area contributed by atoms with Crippen molar-refractivity contribution in [3.8, 4) is 11.5 Å². The Labute approximate surface area is 225 Å². The third-order valence-corrected chi connectivity index (χ3v) is 6.08. The highest BCUT2D eigenvalue weighted by Crippen LogP contribution is 2.28. The van der Waals surface area contributed by atoms with Crippen LogP contribution in [0.15, 0.2) is 46.4 Å². The summed E-state index contributed by atoms with van der Waals surface area (Å²) in [6.07, 6.45) is 7.76. The molecular formula is C26H38Br2N4O2. The first-order valence-electron chi connectivity index (χ1n) is 11.3. The predicted octanol–water partition coefficient (Wildman–Crippen LogP) is -1.65. The summed E-state index contributed by atoms with van der Waals surface area (Å²) in [6.45, 7) is 0. The fourth-order valence-electron chi connectivity index (χ4n) is 3.91. The topological polar surface area (TPSA) is 65.2 Å². The van der Waals surface area contributed by atoms with Crippen LogP contribution in [0.3, 0.4) is 0 Å². The number of aromatic hydroxyl groups is 2. The van der Waals surface area contributed by atoms with Crippen molar-refractivity contribution in [2.24, 2.45) is 9.98 Å². The molecule has 1 aliphatic rings. The van der Waals surface area contributed by atoms with Crippen LogP contribution in [0.2, 0.25) is 0 Å². The molecular weight excluding hydrogens is 560 g/mol. The standard InChI is InChI=1S/C26H36N4O2.2BrH/c1-29(2,3)21-13-11-19(25(31)15-21)17-27-23-9-7-8-10-24(23)28-18-20-12-14-22(16-26(20)32)30(4,5)6;;/h11-18,23-24H,7-10H2,1-6H3;2*1H/t23-,24?;;/m0../s1. The molecule has 0 saturated heterocycles. The van der Waals surface area contributed by atoms with Gasteiger partial charge in [-0.15, -0.1) is 0 Å². The van der Waals surface area contributed by atoms with Gasteiger partial charge in [0.15, 0.2) is 0 Å². The summed E-state index contributed by atoms with van der Waals surface area (Å²) in [5.41, 5.74) is 3.53. The molecule has 1 fully saturated rings. The summed E-state index contributed by atoms with van der Waals surface area (Å²) in [6, 6.07) is 11.7. The van der Waals surface area contributed by atoms with E-state index in [0.29, 0.717) is 8.97 Å². The highest BCUT2D eigenvalue weighted by Gasteiger charge is 2.24. The van der Waals surface area contributed by atoms with Crippen LogP contribution >= 0.6 is 0 Å². The molecule has 1 saturated carbocycles. The van der Waals surface area contributed by atoms with Gasteiger partial charge < -0.3 is 44.2 Å². The van der Waals surface area contributed by atoms with Gasteiger partial charge in [-0.2, -0.15) is 0 Å². The molecule has 0 radical (unpaired) electrons. The minimum absolute atomic E-state index is 0. The molecule has 2 N–H and O–H groups in total. The van der Waals surface area contributed by atoms with Gasteiger partial charge in [-0.25, -0.2) is 0 Å². The van der Waals surface area contributed by atoms with Crippen molar-refractivity contribution in [2.45, 2.75) is 37.8 Å². The summed E-state index contributed by atoms with van der Waals surface area (Å²) >= 11 is 0. The number of halogens is 2. The van der Waals surface area contributed by atoms with Gasteiger partial charge in [-0.1, -0.05) is 12.8 Å². The van der Waals surface area contributed by atoms with Crippen molar-refractivity contribution in [3.63, 3.8) is 0 Å². The number of nitrogens with zero attached hydrogens (tertiary/aromatic N) is 4. The van der Waals surface area contributed by atoms with Crippen molar-refractivity contribution in [1.29, 1.82) is 0 Å². The molecule has 1 aliphatic carbocycles. The van der Waals surface area contributed by atoms with Crippen LogP contribution in [0.5, 0.6) is 11.5 Å². The molecule has 1 unspecified atom stereocenters. The third-order valence-electron chi connectivity index (χ3n) is 6.08. The van der Waals surface area contributed by atoms with Crippen molar-refractivity contribution < 1.29 is 44.2 Å². The Kier molecular flexibility index (Phi) is 10.9. The predicted molar refractivity (Wildman–Crippen MR) is 137 cm³/mol. The average molecular weight is 598 g/mol. The Bertz CT molecular complexity index is 929. The Morgan fingerprint density at radius 1 is 0.676 bits per heavy atom. The minimum Gasteiger partial charge on any atom is -1.00 e. The van der Waals surface area contributed by atoms with Crippen molar-refractivity contribution in [3.05, 3.63) is 47.5 Å². The van der Waals surface area contributed by atoms with Gasteiger partial charge in [-0.05, 0) is 25.0 Å². The molecule has 2 aromatic carbocycles. The highest BCUT2D eigenvalue weighted by atomic mass is 79.9. The van der Waals surface area contributed by atoms with E-state index in [-0.39, 0.29) is 57.5 Å². The van der Waals surface area contributed by atoms with Gasteiger partial charge in [0.2, 0.25) is 0 Å².